The van der Waals surface area contributed by atoms with E-state index < -0.39 is 0 Å². The molecule has 0 atom stereocenters. The molecule has 3 heteroatoms. The van der Waals surface area contributed by atoms with Crippen molar-refractivity contribution in [1.29, 1.82) is 0 Å². The summed E-state index contributed by atoms with van der Waals surface area (Å²) in [4.78, 5) is 11.5. The van der Waals surface area contributed by atoms with Crippen molar-refractivity contribution in [3.05, 3.63) is 48.0 Å². The lowest BCUT2D eigenvalue weighted by Crippen LogP contribution is -2.20. The zero-order valence-corrected chi connectivity index (χ0v) is 10.9. The number of nitrogens with one attached hydrogen (secondary N) is 1. The molecule has 0 bridgehead atoms. The average molecular weight is 252 g/mol. The monoisotopic (exact) mass is 252 g/mol. The summed E-state index contributed by atoms with van der Waals surface area (Å²) in [7, 11) is 0. The van der Waals surface area contributed by atoms with Gasteiger partial charge in [0.1, 0.15) is 0 Å². The molecule has 0 saturated heterocycles. The van der Waals surface area contributed by atoms with Crippen LogP contribution in [0.4, 0.5) is 0 Å². The van der Waals surface area contributed by atoms with Crippen LogP contribution in [0.15, 0.2) is 47.6 Å². The van der Waals surface area contributed by atoms with Crippen molar-refractivity contribution < 1.29 is 4.79 Å². The van der Waals surface area contributed by atoms with Crippen LogP contribution in [0, 0.1) is 5.92 Å². The van der Waals surface area contributed by atoms with Crippen LogP contribution in [0.5, 0.6) is 0 Å². The Bertz CT molecular complexity index is 657. The molecule has 1 amide bonds. The molecule has 3 nitrogen and oxygen atoms in total. The van der Waals surface area contributed by atoms with Gasteiger partial charge in [-0.25, -0.2) is 5.43 Å². The molecule has 0 aromatic heterocycles. The molecule has 19 heavy (non-hydrogen) atoms. The molecule has 1 aliphatic carbocycles. The van der Waals surface area contributed by atoms with Crippen LogP contribution < -0.4 is 5.43 Å². The molecule has 1 N–H and O–H groups in total. The first kappa shape index (κ1) is 11.9. The zero-order valence-electron chi connectivity index (χ0n) is 10.9. The second-order valence-electron chi connectivity index (χ2n) is 5.01. The van der Waals surface area contributed by atoms with Gasteiger partial charge in [0.15, 0.2) is 0 Å². The molecular weight excluding hydrogens is 236 g/mol. The Morgan fingerprint density at radius 2 is 1.89 bits per heavy atom. The largest absolute Gasteiger partial charge is 0.273 e. The number of benzene rings is 2. The summed E-state index contributed by atoms with van der Waals surface area (Å²) >= 11 is 0. The molecule has 96 valence electrons. The summed E-state index contributed by atoms with van der Waals surface area (Å²) < 4.78 is 0. The van der Waals surface area contributed by atoms with E-state index in [1.54, 1.807) is 0 Å². The predicted octanol–water partition coefficient (Wildman–Crippen LogP) is 3.09. The maximum absolute atomic E-state index is 11.5. The van der Waals surface area contributed by atoms with E-state index in [4.69, 9.17) is 0 Å². The van der Waals surface area contributed by atoms with Crippen LogP contribution in [-0.2, 0) is 4.79 Å². The van der Waals surface area contributed by atoms with E-state index in [9.17, 15) is 4.79 Å². The number of hydrazone groups is 1. The van der Waals surface area contributed by atoms with E-state index in [1.165, 1.54) is 10.8 Å². The average Bonchev–Trinajstić information content (AvgIpc) is 3.28. The third kappa shape index (κ3) is 2.65. The minimum Gasteiger partial charge on any atom is -0.273 e. The second-order valence-corrected chi connectivity index (χ2v) is 5.01. The highest BCUT2D eigenvalue weighted by atomic mass is 16.2. The van der Waals surface area contributed by atoms with Crippen molar-refractivity contribution in [1.82, 2.24) is 5.43 Å². The molecule has 0 radical (unpaired) electrons. The molecule has 0 unspecified atom stereocenters. The molecule has 3 rings (SSSR count). The number of rotatable bonds is 3. The quantitative estimate of drug-likeness (QED) is 0.662. The second kappa shape index (κ2) is 4.84. The highest BCUT2D eigenvalue weighted by Gasteiger charge is 2.29. The molecule has 0 aliphatic heterocycles. The number of fused-ring (bicyclic) bond motifs is 1. The number of hydrogen-bond acceptors (Lipinski definition) is 2. The Morgan fingerprint density at radius 3 is 2.63 bits per heavy atom. The molecular formula is C16H16N2O. The normalized spacial score (nSPS) is 15.5. The maximum Gasteiger partial charge on any atom is 0.243 e. The number of hydrogen-bond donors (Lipinski definition) is 1. The molecule has 1 aliphatic rings. The van der Waals surface area contributed by atoms with Crippen LogP contribution in [0.25, 0.3) is 10.8 Å². The van der Waals surface area contributed by atoms with Crippen LogP contribution >= 0.6 is 0 Å². The van der Waals surface area contributed by atoms with E-state index in [2.05, 4.69) is 34.8 Å². The van der Waals surface area contributed by atoms with Gasteiger partial charge < -0.3 is 0 Å². The summed E-state index contributed by atoms with van der Waals surface area (Å²) in [6, 6.07) is 14.4. The smallest absolute Gasteiger partial charge is 0.243 e. The summed E-state index contributed by atoms with van der Waals surface area (Å²) in [5.74, 6) is 0.230. The number of carbonyl (C=O) groups excluding carboxylic acids is 1. The van der Waals surface area contributed by atoms with Gasteiger partial charge in [-0.05, 0) is 42.2 Å². The third-order valence-electron chi connectivity index (χ3n) is 3.45. The third-order valence-corrected chi connectivity index (χ3v) is 3.45. The van der Waals surface area contributed by atoms with Gasteiger partial charge in [0.25, 0.3) is 0 Å². The Hall–Kier alpha value is -2.16. The van der Waals surface area contributed by atoms with Crippen molar-refractivity contribution in [2.24, 2.45) is 11.0 Å². The van der Waals surface area contributed by atoms with Crippen LogP contribution in [0.1, 0.15) is 25.3 Å². The van der Waals surface area contributed by atoms with E-state index in [1.807, 2.05) is 25.1 Å². The van der Waals surface area contributed by atoms with Crippen LogP contribution in [0.3, 0.4) is 0 Å². The van der Waals surface area contributed by atoms with E-state index >= 15 is 0 Å². The Kier molecular flexibility index (Phi) is 3.03. The zero-order chi connectivity index (χ0) is 13.2. The first-order valence-electron chi connectivity index (χ1n) is 6.57. The molecule has 2 aromatic rings. The lowest BCUT2D eigenvalue weighted by Gasteiger charge is -2.04. The fourth-order valence-electron chi connectivity index (χ4n) is 2.05. The standard InChI is InChI=1S/C16H16N2O/c1-11(17-18-16(19)13-7-8-13)14-9-6-12-4-2-3-5-15(12)10-14/h2-6,9-10,13H,7-8H2,1H3,(H,18,19). The van der Waals surface area contributed by atoms with Crippen molar-refractivity contribution >= 4 is 22.4 Å². The van der Waals surface area contributed by atoms with Crippen LogP contribution in [0.2, 0.25) is 0 Å². The Labute approximate surface area is 112 Å². The number of nitrogens with zero attached hydrogens (tertiary/aromatic N) is 1. The van der Waals surface area contributed by atoms with Gasteiger partial charge in [-0.3, -0.25) is 4.79 Å². The van der Waals surface area contributed by atoms with Gasteiger partial charge in [0.05, 0.1) is 5.71 Å². The topological polar surface area (TPSA) is 41.5 Å². The van der Waals surface area contributed by atoms with E-state index in [-0.39, 0.29) is 11.8 Å². The van der Waals surface area contributed by atoms with Gasteiger partial charge in [-0.15, -0.1) is 0 Å². The maximum atomic E-state index is 11.5. The molecule has 1 fully saturated rings. The van der Waals surface area contributed by atoms with E-state index in [0.29, 0.717) is 0 Å². The van der Waals surface area contributed by atoms with Gasteiger partial charge in [0, 0.05) is 5.92 Å². The Morgan fingerprint density at radius 1 is 1.16 bits per heavy atom. The van der Waals surface area contributed by atoms with Crippen molar-refractivity contribution in [2.75, 3.05) is 0 Å². The first-order valence-corrected chi connectivity index (χ1v) is 6.57. The molecule has 0 heterocycles. The lowest BCUT2D eigenvalue weighted by molar-refractivity contribution is -0.122. The number of amides is 1. The molecule has 0 spiro atoms. The minimum atomic E-state index is 0.0418. The van der Waals surface area contributed by atoms with Crippen molar-refractivity contribution in [3.63, 3.8) is 0 Å². The highest BCUT2D eigenvalue weighted by molar-refractivity contribution is 6.02. The molecule has 2 aromatic carbocycles. The SMILES string of the molecule is CC(=NNC(=O)C1CC1)c1ccc2ccccc2c1. The number of carbonyl (C=O) groups is 1. The van der Waals surface area contributed by atoms with Gasteiger partial charge in [-0.1, -0.05) is 36.4 Å². The fraction of sp³-hybridized carbons (Fsp3) is 0.250. The lowest BCUT2D eigenvalue weighted by atomic mass is 10.0. The molecule has 1 saturated carbocycles. The highest BCUT2D eigenvalue weighted by Crippen LogP contribution is 2.28. The van der Waals surface area contributed by atoms with Gasteiger partial charge >= 0.3 is 0 Å². The van der Waals surface area contributed by atoms with Gasteiger partial charge in [-0.2, -0.15) is 5.10 Å². The summed E-state index contributed by atoms with van der Waals surface area (Å²) in [6.07, 6.45) is 1.99. The summed E-state index contributed by atoms with van der Waals surface area (Å²) in [5.41, 5.74) is 4.51. The fourth-order valence-corrected chi connectivity index (χ4v) is 2.05. The van der Waals surface area contributed by atoms with E-state index in [0.717, 1.165) is 24.1 Å². The van der Waals surface area contributed by atoms with Crippen LogP contribution in [-0.4, -0.2) is 11.6 Å². The summed E-state index contributed by atoms with van der Waals surface area (Å²) in [6.45, 7) is 1.91. The van der Waals surface area contributed by atoms with Gasteiger partial charge in [0.2, 0.25) is 5.91 Å². The predicted molar refractivity (Wildman–Crippen MR) is 77.0 cm³/mol. The van der Waals surface area contributed by atoms with Crippen molar-refractivity contribution in [2.45, 2.75) is 19.8 Å². The first-order chi connectivity index (χ1) is 9.24. The van der Waals surface area contributed by atoms with Crippen molar-refractivity contribution in [3.8, 4) is 0 Å². The Balaban J connectivity index is 1.81. The summed E-state index contributed by atoms with van der Waals surface area (Å²) in [5, 5.41) is 6.57. The minimum absolute atomic E-state index is 0.0418.